The largest absolute Gasteiger partial charge is 0.494 e. The lowest BCUT2D eigenvalue weighted by Crippen LogP contribution is -2.50. The summed E-state index contributed by atoms with van der Waals surface area (Å²) in [4.78, 5) is 12.9. The second-order valence-electron chi connectivity index (χ2n) is 7.09. The third-order valence-electron chi connectivity index (χ3n) is 4.46. The fraction of sp³-hybridized carbons (Fsp3) is 0.409. The predicted molar refractivity (Wildman–Crippen MR) is 116 cm³/mol. The van der Waals surface area contributed by atoms with Gasteiger partial charge in [0.15, 0.2) is 0 Å². The minimum absolute atomic E-state index is 0.0826. The summed E-state index contributed by atoms with van der Waals surface area (Å²) in [5, 5.41) is 2.80. The van der Waals surface area contributed by atoms with E-state index in [0.29, 0.717) is 24.5 Å². The fourth-order valence-corrected chi connectivity index (χ4v) is 4.31. The highest BCUT2D eigenvalue weighted by Gasteiger charge is 2.27. The van der Waals surface area contributed by atoms with Gasteiger partial charge in [0, 0.05) is 13.2 Å². The molecule has 164 valence electrons. The predicted octanol–water partition coefficient (Wildman–Crippen LogP) is 2.43. The van der Waals surface area contributed by atoms with Crippen LogP contribution in [0.4, 0.5) is 0 Å². The van der Waals surface area contributed by atoms with Crippen LogP contribution in [0, 0.1) is 6.92 Å². The van der Waals surface area contributed by atoms with Gasteiger partial charge >= 0.3 is 0 Å². The fourth-order valence-electron chi connectivity index (χ4n) is 3.03. The average molecular weight is 435 g/mol. The molecular formula is C22H30N2O5S. The quantitative estimate of drug-likeness (QED) is 0.567. The molecule has 0 saturated heterocycles. The van der Waals surface area contributed by atoms with E-state index in [2.05, 4.69) is 10.0 Å². The van der Waals surface area contributed by atoms with Crippen molar-refractivity contribution in [1.29, 1.82) is 0 Å². The van der Waals surface area contributed by atoms with E-state index in [1.54, 1.807) is 33.1 Å². The highest BCUT2D eigenvalue weighted by Crippen LogP contribution is 2.22. The molecule has 0 fully saturated rings. The van der Waals surface area contributed by atoms with Crippen LogP contribution in [0.15, 0.2) is 53.4 Å². The molecule has 1 amide bonds. The van der Waals surface area contributed by atoms with E-state index >= 15 is 0 Å². The molecule has 0 unspecified atom stereocenters. The second-order valence-corrected chi connectivity index (χ2v) is 8.80. The number of methoxy groups -OCH3 is 1. The third-order valence-corrected chi connectivity index (χ3v) is 5.93. The molecule has 0 aliphatic rings. The molecule has 2 rings (SSSR count). The Morgan fingerprint density at radius 3 is 2.43 bits per heavy atom. The number of ether oxygens (including phenoxy) is 2. The molecule has 0 heterocycles. The van der Waals surface area contributed by atoms with Crippen molar-refractivity contribution in [2.75, 3.05) is 20.3 Å². The normalized spacial score (nSPS) is 13.5. The zero-order chi connectivity index (χ0) is 22.1. The van der Waals surface area contributed by atoms with Crippen molar-refractivity contribution in [3.63, 3.8) is 0 Å². The van der Waals surface area contributed by atoms with Gasteiger partial charge in [-0.2, -0.15) is 4.72 Å². The number of carbonyl (C=O) groups is 1. The molecule has 7 nitrogen and oxygen atoms in total. The van der Waals surface area contributed by atoms with Crippen LogP contribution in [0.5, 0.6) is 5.75 Å². The van der Waals surface area contributed by atoms with Gasteiger partial charge in [-0.1, -0.05) is 30.3 Å². The summed E-state index contributed by atoms with van der Waals surface area (Å²) in [5.41, 5.74) is 1.56. The molecule has 2 aromatic rings. The lowest BCUT2D eigenvalue weighted by molar-refractivity contribution is -0.123. The summed E-state index contributed by atoms with van der Waals surface area (Å²) < 4.78 is 39.1. The molecule has 0 spiro atoms. The Bertz CT molecular complexity index is 932. The van der Waals surface area contributed by atoms with E-state index in [0.717, 1.165) is 5.56 Å². The minimum Gasteiger partial charge on any atom is -0.494 e. The summed E-state index contributed by atoms with van der Waals surface area (Å²) in [7, 11) is -2.38. The van der Waals surface area contributed by atoms with Crippen LogP contribution in [-0.4, -0.2) is 46.7 Å². The molecule has 0 aliphatic heterocycles. The van der Waals surface area contributed by atoms with Crippen molar-refractivity contribution in [2.45, 2.75) is 44.2 Å². The summed E-state index contributed by atoms with van der Waals surface area (Å²) in [5.74, 6) is 0.220. The van der Waals surface area contributed by atoms with Crippen molar-refractivity contribution in [1.82, 2.24) is 10.0 Å². The van der Waals surface area contributed by atoms with Gasteiger partial charge in [-0.05, 0) is 56.5 Å². The zero-order valence-electron chi connectivity index (χ0n) is 17.8. The zero-order valence-corrected chi connectivity index (χ0v) is 18.7. The third kappa shape index (κ3) is 6.83. The molecule has 2 atom stereocenters. The van der Waals surface area contributed by atoms with Gasteiger partial charge < -0.3 is 14.8 Å². The van der Waals surface area contributed by atoms with Crippen molar-refractivity contribution in [2.24, 2.45) is 0 Å². The standard InChI is InChI=1S/C22H30N2O5S/c1-5-29-21-12-11-19(13-16(21)2)30(26,27)24-20(14-18-9-7-6-8-10-18)22(25)23-17(3)15-28-4/h6-13,17,20,24H,5,14-15H2,1-4H3,(H,23,25)/t17-,20-/m1/s1. The second kappa shape index (κ2) is 11.1. The Morgan fingerprint density at radius 1 is 1.13 bits per heavy atom. The lowest BCUT2D eigenvalue weighted by atomic mass is 10.1. The summed E-state index contributed by atoms with van der Waals surface area (Å²) in [6.07, 6.45) is 0.224. The van der Waals surface area contributed by atoms with Crippen LogP contribution in [0.2, 0.25) is 0 Å². The highest BCUT2D eigenvalue weighted by atomic mass is 32.2. The Kier molecular flexibility index (Phi) is 8.83. The molecule has 2 N–H and O–H groups in total. The molecule has 2 aromatic carbocycles. The van der Waals surface area contributed by atoms with E-state index in [9.17, 15) is 13.2 Å². The molecule has 0 bridgehead atoms. The first-order chi connectivity index (χ1) is 14.3. The molecule has 0 radical (unpaired) electrons. The van der Waals surface area contributed by atoms with Crippen LogP contribution in [0.1, 0.15) is 25.0 Å². The lowest BCUT2D eigenvalue weighted by Gasteiger charge is -2.21. The van der Waals surface area contributed by atoms with Crippen LogP contribution in [0.25, 0.3) is 0 Å². The highest BCUT2D eigenvalue weighted by molar-refractivity contribution is 7.89. The number of sulfonamides is 1. The van der Waals surface area contributed by atoms with E-state index in [4.69, 9.17) is 9.47 Å². The maximum absolute atomic E-state index is 13.0. The van der Waals surface area contributed by atoms with E-state index < -0.39 is 22.0 Å². The van der Waals surface area contributed by atoms with Gasteiger partial charge in [-0.25, -0.2) is 8.42 Å². The number of hydrogen-bond acceptors (Lipinski definition) is 5. The molecule has 8 heteroatoms. The number of benzene rings is 2. The van der Waals surface area contributed by atoms with Gasteiger partial charge in [-0.15, -0.1) is 0 Å². The maximum atomic E-state index is 13.0. The van der Waals surface area contributed by atoms with Crippen LogP contribution in [0.3, 0.4) is 0 Å². The van der Waals surface area contributed by atoms with Crippen LogP contribution >= 0.6 is 0 Å². The first-order valence-corrected chi connectivity index (χ1v) is 11.3. The number of amides is 1. The van der Waals surface area contributed by atoms with E-state index in [-0.39, 0.29) is 17.4 Å². The summed E-state index contributed by atoms with van der Waals surface area (Å²) in [6.45, 7) is 6.26. The van der Waals surface area contributed by atoms with Crippen LogP contribution < -0.4 is 14.8 Å². The van der Waals surface area contributed by atoms with E-state index in [1.807, 2.05) is 37.3 Å². The number of carbonyl (C=O) groups excluding carboxylic acids is 1. The monoisotopic (exact) mass is 434 g/mol. The molecule has 0 aromatic heterocycles. The maximum Gasteiger partial charge on any atom is 0.241 e. The Labute approximate surface area is 178 Å². The minimum atomic E-state index is -3.92. The smallest absolute Gasteiger partial charge is 0.241 e. The molecule has 0 saturated carbocycles. The van der Waals surface area contributed by atoms with Gasteiger partial charge in [0.05, 0.1) is 18.1 Å². The van der Waals surface area contributed by atoms with Gasteiger partial charge in [-0.3, -0.25) is 4.79 Å². The molecular weight excluding hydrogens is 404 g/mol. The Balaban J connectivity index is 2.26. The SMILES string of the molecule is CCOc1ccc(S(=O)(=O)N[C@H](Cc2ccccc2)C(=O)N[C@H](C)COC)cc1C. The van der Waals surface area contributed by atoms with Gasteiger partial charge in [0.25, 0.3) is 0 Å². The number of nitrogens with one attached hydrogen (secondary N) is 2. The summed E-state index contributed by atoms with van der Waals surface area (Å²) >= 11 is 0. The van der Waals surface area contributed by atoms with E-state index in [1.165, 1.54) is 6.07 Å². The Hall–Kier alpha value is -2.42. The summed E-state index contributed by atoms with van der Waals surface area (Å²) in [6, 6.07) is 12.7. The van der Waals surface area contributed by atoms with Gasteiger partial charge in [0.1, 0.15) is 11.8 Å². The molecule has 30 heavy (non-hydrogen) atoms. The van der Waals surface area contributed by atoms with Crippen molar-refractivity contribution in [3.05, 3.63) is 59.7 Å². The average Bonchev–Trinajstić information content (AvgIpc) is 2.70. The number of rotatable bonds is 11. The molecule has 0 aliphatic carbocycles. The number of aryl methyl sites for hydroxylation is 1. The Morgan fingerprint density at radius 2 is 1.83 bits per heavy atom. The van der Waals surface area contributed by atoms with Crippen molar-refractivity contribution < 1.29 is 22.7 Å². The van der Waals surface area contributed by atoms with Gasteiger partial charge in [0.2, 0.25) is 15.9 Å². The first-order valence-electron chi connectivity index (χ1n) is 9.85. The van der Waals surface area contributed by atoms with Crippen LogP contribution in [-0.2, 0) is 26.0 Å². The van der Waals surface area contributed by atoms with Crippen molar-refractivity contribution in [3.8, 4) is 5.75 Å². The topological polar surface area (TPSA) is 93.7 Å². The number of hydrogen-bond donors (Lipinski definition) is 2. The van der Waals surface area contributed by atoms with Crippen molar-refractivity contribution >= 4 is 15.9 Å². The first kappa shape index (κ1) is 23.9.